The summed E-state index contributed by atoms with van der Waals surface area (Å²) < 4.78 is 58.2. The summed E-state index contributed by atoms with van der Waals surface area (Å²) in [5.41, 5.74) is 0.815. The molecule has 1 heterocycles. The SMILES string of the molecule is CCc1nonc1C(=O)NC(C(=O)Nc1cc(C)c(C(C)C(=O)N(C)CC(F)(F)F)cc1F)C(C1CC1)C1CC1. The van der Waals surface area contributed by atoms with E-state index in [4.69, 9.17) is 4.63 Å². The van der Waals surface area contributed by atoms with Gasteiger partial charge >= 0.3 is 6.18 Å². The number of nitrogens with one attached hydrogen (secondary N) is 2. The Labute approximate surface area is 229 Å². The predicted octanol–water partition coefficient (Wildman–Crippen LogP) is 4.38. The molecule has 4 rings (SSSR count). The highest BCUT2D eigenvalue weighted by atomic mass is 19.4. The van der Waals surface area contributed by atoms with Crippen LogP contribution in [0.15, 0.2) is 16.8 Å². The molecule has 0 spiro atoms. The lowest BCUT2D eigenvalue weighted by Crippen LogP contribution is -2.50. The van der Waals surface area contributed by atoms with Crippen molar-refractivity contribution in [1.29, 1.82) is 0 Å². The molecule has 1 aromatic carbocycles. The lowest BCUT2D eigenvalue weighted by molar-refractivity contribution is -0.159. The van der Waals surface area contributed by atoms with Crippen molar-refractivity contribution in [3.63, 3.8) is 0 Å². The number of aromatic nitrogens is 2. The molecule has 0 saturated heterocycles. The predicted molar refractivity (Wildman–Crippen MR) is 136 cm³/mol. The Kier molecular flexibility index (Phi) is 8.50. The number of aryl methyl sites for hydroxylation is 2. The first kappa shape index (κ1) is 29.5. The van der Waals surface area contributed by atoms with Crippen LogP contribution < -0.4 is 10.6 Å². The fraction of sp³-hybridized carbons (Fsp3) is 0.593. The number of carbonyl (C=O) groups is 3. The van der Waals surface area contributed by atoms with Crippen molar-refractivity contribution >= 4 is 23.4 Å². The quantitative estimate of drug-likeness (QED) is 0.390. The van der Waals surface area contributed by atoms with E-state index in [-0.39, 0.29) is 34.7 Å². The normalized spacial score (nSPS) is 16.9. The molecular formula is C27H33F4N5O4. The number of nitrogens with zero attached hydrogens (tertiary/aromatic N) is 3. The van der Waals surface area contributed by atoms with Gasteiger partial charge in [-0.05, 0) is 92.1 Å². The third-order valence-corrected chi connectivity index (χ3v) is 7.64. The van der Waals surface area contributed by atoms with Gasteiger partial charge in [0.05, 0.1) is 11.6 Å². The van der Waals surface area contributed by atoms with Gasteiger partial charge in [-0.1, -0.05) is 12.1 Å². The highest BCUT2D eigenvalue weighted by Crippen LogP contribution is 2.51. The largest absolute Gasteiger partial charge is 0.406 e. The second-order valence-corrected chi connectivity index (χ2v) is 10.8. The summed E-state index contributed by atoms with van der Waals surface area (Å²) >= 11 is 0. The van der Waals surface area contributed by atoms with Gasteiger partial charge in [-0.15, -0.1) is 0 Å². The molecule has 218 valence electrons. The highest BCUT2D eigenvalue weighted by Gasteiger charge is 2.48. The van der Waals surface area contributed by atoms with Crippen molar-refractivity contribution in [3.8, 4) is 0 Å². The Morgan fingerprint density at radius 2 is 1.75 bits per heavy atom. The molecule has 0 radical (unpaired) electrons. The lowest BCUT2D eigenvalue weighted by Gasteiger charge is -2.27. The van der Waals surface area contributed by atoms with Crippen LogP contribution >= 0.6 is 0 Å². The van der Waals surface area contributed by atoms with E-state index in [1.807, 2.05) is 0 Å². The Morgan fingerprint density at radius 3 is 2.30 bits per heavy atom. The Hall–Kier alpha value is -3.51. The monoisotopic (exact) mass is 567 g/mol. The van der Waals surface area contributed by atoms with E-state index in [1.165, 1.54) is 13.0 Å². The average Bonchev–Trinajstić information content (AvgIpc) is 3.82. The second kappa shape index (κ2) is 11.5. The fourth-order valence-corrected chi connectivity index (χ4v) is 5.33. The van der Waals surface area contributed by atoms with Crippen molar-refractivity contribution in [2.75, 3.05) is 18.9 Å². The third-order valence-electron chi connectivity index (χ3n) is 7.64. The van der Waals surface area contributed by atoms with E-state index in [1.54, 1.807) is 13.8 Å². The number of hydrogen-bond acceptors (Lipinski definition) is 6. The molecule has 2 aliphatic rings. The Morgan fingerprint density at radius 1 is 1.12 bits per heavy atom. The van der Waals surface area contributed by atoms with Gasteiger partial charge in [0.1, 0.15) is 24.1 Å². The molecule has 2 N–H and O–H groups in total. The van der Waals surface area contributed by atoms with Gasteiger partial charge in [-0.25, -0.2) is 9.02 Å². The van der Waals surface area contributed by atoms with Crippen molar-refractivity contribution in [1.82, 2.24) is 20.5 Å². The van der Waals surface area contributed by atoms with Crippen LogP contribution in [0.4, 0.5) is 23.2 Å². The maximum absolute atomic E-state index is 15.2. The van der Waals surface area contributed by atoms with Gasteiger partial charge in [0, 0.05) is 7.05 Å². The first-order valence-electron chi connectivity index (χ1n) is 13.4. The van der Waals surface area contributed by atoms with E-state index >= 15 is 4.39 Å². The van der Waals surface area contributed by atoms with Crippen LogP contribution in [0.3, 0.4) is 0 Å². The summed E-state index contributed by atoms with van der Waals surface area (Å²) in [6.45, 7) is 3.35. The summed E-state index contributed by atoms with van der Waals surface area (Å²) in [6, 6.07) is 1.44. The number of rotatable bonds is 11. The zero-order valence-electron chi connectivity index (χ0n) is 22.8. The van der Waals surface area contributed by atoms with Crippen LogP contribution in [-0.4, -0.2) is 58.7 Å². The second-order valence-electron chi connectivity index (χ2n) is 10.8. The minimum atomic E-state index is -4.56. The smallest absolute Gasteiger partial charge is 0.338 e. The fourth-order valence-electron chi connectivity index (χ4n) is 5.33. The van der Waals surface area contributed by atoms with Crippen molar-refractivity contribution < 1.29 is 36.6 Å². The number of carbonyl (C=O) groups excluding carboxylic acids is 3. The van der Waals surface area contributed by atoms with Gasteiger partial charge < -0.3 is 15.5 Å². The van der Waals surface area contributed by atoms with E-state index in [2.05, 4.69) is 20.9 Å². The third kappa shape index (κ3) is 6.79. The van der Waals surface area contributed by atoms with Gasteiger partial charge in [-0.3, -0.25) is 14.4 Å². The first-order chi connectivity index (χ1) is 18.8. The Bertz CT molecular complexity index is 1260. The molecule has 13 heteroatoms. The molecule has 3 amide bonds. The average molecular weight is 568 g/mol. The van der Waals surface area contributed by atoms with Crippen LogP contribution in [0.1, 0.15) is 72.8 Å². The molecular weight excluding hydrogens is 534 g/mol. The lowest BCUT2D eigenvalue weighted by atomic mass is 9.88. The van der Waals surface area contributed by atoms with E-state index < -0.39 is 48.2 Å². The van der Waals surface area contributed by atoms with Crippen LogP contribution in [0.2, 0.25) is 0 Å². The molecule has 2 atom stereocenters. The molecule has 9 nitrogen and oxygen atoms in total. The molecule has 2 aromatic rings. The Balaban J connectivity index is 1.54. The number of likely N-dealkylation sites (N-methyl/N-ethyl adjacent to an activating group) is 1. The van der Waals surface area contributed by atoms with E-state index in [0.29, 0.717) is 22.6 Å². The minimum absolute atomic E-state index is 0.00818. The van der Waals surface area contributed by atoms with Crippen LogP contribution in [0.5, 0.6) is 0 Å². The van der Waals surface area contributed by atoms with E-state index in [9.17, 15) is 27.6 Å². The highest BCUT2D eigenvalue weighted by molar-refractivity contribution is 6.01. The summed E-state index contributed by atoms with van der Waals surface area (Å²) in [4.78, 5) is 39.8. The van der Waals surface area contributed by atoms with Gasteiger partial charge in [-0.2, -0.15) is 13.2 Å². The molecule has 2 saturated carbocycles. The summed E-state index contributed by atoms with van der Waals surface area (Å²) in [5.74, 6) is -3.50. The van der Waals surface area contributed by atoms with E-state index in [0.717, 1.165) is 38.8 Å². The number of alkyl halides is 3. The molecule has 2 fully saturated rings. The topological polar surface area (TPSA) is 117 Å². The molecule has 40 heavy (non-hydrogen) atoms. The number of benzene rings is 1. The number of amides is 3. The number of hydrogen-bond donors (Lipinski definition) is 2. The van der Waals surface area contributed by atoms with Gasteiger partial charge in [0.15, 0.2) is 5.69 Å². The van der Waals surface area contributed by atoms with Crippen LogP contribution in [0, 0.1) is 30.5 Å². The molecule has 2 aliphatic carbocycles. The van der Waals surface area contributed by atoms with Crippen molar-refractivity contribution in [2.45, 2.75) is 71.0 Å². The van der Waals surface area contributed by atoms with Crippen LogP contribution in [0.25, 0.3) is 0 Å². The molecule has 2 unspecified atom stereocenters. The maximum atomic E-state index is 15.2. The summed E-state index contributed by atoms with van der Waals surface area (Å²) in [6.07, 6.45) is -0.424. The number of anilines is 1. The maximum Gasteiger partial charge on any atom is 0.406 e. The summed E-state index contributed by atoms with van der Waals surface area (Å²) in [5, 5.41) is 12.8. The standard InChI is InChI=1S/C27H33F4N5O4/c1-5-19-22(35-40-34-19)24(37)33-23(21(15-6-7-15)16-8-9-16)25(38)32-20-10-13(2)17(11-18(20)28)14(3)26(39)36(4)12-27(29,30)31/h10-11,14-16,21,23H,5-9,12H2,1-4H3,(H,32,38)(H,33,37). The van der Waals surface area contributed by atoms with Crippen LogP contribution in [-0.2, 0) is 16.0 Å². The zero-order chi connectivity index (χ0) is 29.4. The molecule has 1 aromatic heterocycles. The first-order valence-corrected chi connectivity index (χ1v) is 13.4. The van der Waals surface area contributed by atoms with Crippen molar-refractivity contribution in [3.05, 3.63) is 40.5 Å². The molecule has 0 aliphatic heterocycles. The zero-order valence-corrected chi connectivity index (χ0v) is 22.8. The minimum Gasteiger partial charge on any atom is -0.338 e. The number of halogens is 4. The van der Waals surface area contributed by atoms with Gasteiger partial charge in [0.25, 0.3) is 5.91 Å². The molecule has 0 bridgehead atoms. The summed E-state index contributed by atoms with van der Waals surface area (Å²) in [7, 11) is 1.04. The van der Waals surface area contributed by atoms with Crippen molar-refractivity contribution in [2.24, 2.45) is 17.8 Å². The van der Waals surface area contributed by atoms with Gasteiger partial charge in [0.2, 0.25) is 11.8 Å².